The Morgan fingerprint density at radius 3 is 2.87 bits per heavy atom. The van der Waals surface area contributed by atoms with Gasteiger partial charge in [-0.25, -0.2) is 0 Å². The number of nitro benzene ring substituents is 1. The molecule has 0 saturated heterocycles. The Bertz CT molecular complexity index is 357. The van der Waals surface area contributed by atoms with Crippen molar-refractivity contribution >= 4 is 23.1 Å². The highest BCUT2D eigenvalue weighted by atomic mass is 32.2. The molecule has 0 aliphatic heterocycles. The number of benzene rings is 1. The number of nitro groups is 1. The summed E-state index contributed by atoms with van der Waals surface area (Å²) in [5.74, 6) is 6.95. The van der Waals surface area contributed by atoms with E-state index in [0.29, 0.717) is 5.69 Å². The molecule has 0 saturated carbocycles. The number of hydrogen-bond acceptors (Lipinski definition) is 5. The third kappa shape index (κ3) is 3.10. The molecule has 5 nitrogen and oxygen atoms in total. The third-order valence-electron chi connectivity index (χ3n) is 1.89. The van der Waals surface area contributed by atoms with Crippen LogP contribution in [0.15, 0.2) is 18.2 Å². The van der Waals surface area contributed by atoms with Crippen LogP contribution in [-0.2, 0) is 5.75 Å². The standard InChI is InChI=1S/C9H13N3O2S/c1-2-15-6-7-3-4-8(11-10)9(5-7)12(13)14/h3-5,11H,2,6,10H2,1H3. The molecule has 0 bridgehead atoms. The second-order valence-electron chi connectivity index (χ2n) is 2.89. The van der Waals surface area contributed by atoms with Gasteiger partial charge in [0, 0.05) is 11.8 Å². The normalized spacial score (nSPS) is 10.0. The van der Waals surface area contributed by atoms with E-state index in [1.165, 1.54) is 0 Å². The van der Waals surface area contributed by atoms with E-state index in [-0.39, 0.29) is 5.69 Å². The van der Waals surface area contributed by atoms with Crippen molar-refractivity contribution in [3.63, 3.8) is 0 Å². The molecule has 0 aliphatic carbocycles. The molecular weight excluding hydrogens is 214 g/mol. The summed E-state index contributed by atoms with van der Waals surface area (Å²) in [5, 5.41) is 10.7. The molecule has 15 heavy (non-hydrogen) atoms. The van der Waals surface area contributed by atoms with Gasteiger partial charge >= 0.3 is 0 Å². The van der Waals surface area contributed by atoms with Crippen molar-refractivity contribution in [3.8, 4) is 0 Å². The van der Waals surface area contributed by atoms with Crippen molar-refractivity contribution < 1.29 is 4.92 Å². The largest absolute Gasteiger partial charge is 0.318 e. The van der Waals surface area contributed by atoms with E-state index in [2.05, 4.69) is 12.3 Å². The molecule has 1 aromatic rings. The van der Waals surface area contributed by atoms with E-state index < -0.39 is 4.92 Å². The Labute approximate surface area is 92.2 Å². The first-order chi connectivity index (χ1) is 7.19. The van der Waals surface area contributed by atoms with Crippen LogP contribution in [0, 0.1) is 10.1 Å². The minimum Gasteiger partial charge on any atom is -0.318 e. The summed E-state index contributed by atoms with van der Waals surface area (Å²) < 4.78 is 0. The lowest BCUT2D eigenvalue weighted by Gasteiger charge is -2.04. The van der Waals surface area contributed by atoms with Crippen LogP contribution in [-0.4, -0.2) is 10.7 Å². The quantitative estimate of drug-likeness (QED) is 0.457. The molecule has 6 heteroatoms. The molecule has 0 heterocycles. The van der Waals surface area contributed by atoms with Crippen LogP contribution >= 0.6 is 11.8 Å². The zero-order valence-corrected chi connectivity index (χ0v) is 9.21. The van der Waals surface area contributed by atoms with Crippen LogP contribution in [0.1, 0.15) is 12.5 Å². The summed E-state index contributed by atoms with van der Waals surface area (Å²) in [6.07, 6.45) is 0. The Hall–Kier alpha value is -1.27. The molecule has 0 radical (unpaired) electrons. The monoisotopic (exact) mass is 227 g/mol. The highest BCUT2D eigenvalue weighted by Crippen LogP contribution is 2.26. The molecule has 0 unspecified atom stereocenters. The van der Waals surface area contributed by atoms with Crippen LogP contribution in [0.25, 0.3) is 0 Å². The Balaban J connectivity index is 2.94. The second-order valence-corrected chi connectivity index (χ2v) is 4.16. The fourth-order valence-electron chi connectivity index (χ4n) is 1.16. The predicted molar refractivity (Wildman–Crippen MR) is 62.7 cm³/mol. The van der Waals surface area contributed by atoms with Gasteiger partial charge in [-0.1, -0.05) is 13.0 Å². The highest BCUT2D eigenvalue weighted by Gasteiger charge is 2.13. The molecule has 0 spiro atoms. The first kappa shape index (κ1) is 11.8. The van der Waals surface area contributed by atoms with E-state index in [1.807, 2.05) is 6.07 Å². The minimum absolute atomic E-state index is 0.0201. The second kappa shape index (κ2) is 5.57. The number of anilines is 1. The molecule has 0 amide bonds. The van der Waals surface area contributed by atoms with Gasteiger partial charge in [-0.05, 0) is 17.4 Å². The molecular formula is C9H13N3O2S. The SMILES string of the molecule is CCSCc1ccc(NN)c([N+](=O)[O-])c1. The van der Waals surface area contributed by atoms with E-state index in [9.17, 15) is 10.1 Å². The molecule has 0 aromatic heterocycles. The topological polar surface area (TPSA) is 81.2 Å². The van der Waals surface area contributed by atoms with Crippen LogP contribution in [0.2, 0.25) is 0 Å². The van der Waals surface area contributed by atoms with Gasteiger partial charge in [-0.2, -0.15) is 11.8 Å². The number of nitrogens with two attached hydrogens (primary N) is 1. The van der Waals surface area contributed by atoms with Crippen molar-refractivity contribution in [1.82, 2.24) is 0 Å². The first-order valence-electron chi connectivity index (χ1n) is 4.50. The average Bonchev–Trinajstić information content (AvgIpc) is 2.25. The molecule has 0 aliphatic rings. The first-order valence-corrected chi connectivity index (χ1v) is 5.66. The van der Waals surface area contributed by atoms with Crippen molar-refractivity contribution in [3.05, 3.63) is 33.9 Å². The zero-order chi connectivity index (χ0) is 11.3. The van der Waals surface area contributed by atoms with Crippen molar-refractivity contribution in [1.29, 1.82) is 0 Å². The zero-order valence-electron chi connectivity index (χ0n) is 8.40. The summed E-state index contributed by atoms with van der Waals surface area (Å²) in [4.78, 5) is 10.3. The molecule has 0 atom stereocenters. The molecule has 0 fully saturated rings. The number of hydrazine groups is 1. The molecule has 1 aromatic carbocycles. The minimum atomic E-state index is -0.435. The molecule has 82 valence electrons. The highest BCUT2D eigenvalue weighted by molar-refractivity contribution is 7.98. The predicted octanol–water partition coefficient (Wildman–Crippen LogP) is 2.13. The van der Waals surface area contributed by atoms with Gasteiger partial charge in [0.15, 0.2) is 0 Å². The van der Waals surface area contributed by atoms with E-state index in [4.69, 9.17) is 5.84 Å². The van der Waals surface area contributed by atoms with Crippen LogP contribution < -0.4 is 11.3 Å². The van der Waals surface area contributed by atoms with Crippen molar-refractivity contribution in [2.75, 3.05) is 11.2 Å². The van der Waals surface area contributed by atoms with E-state index in [0.717, 1.165) is 17.1 Å². The van der Waals surface area contributed by atoms with E-state index >= 15 is 0 Å². The van der Waals surface area contributed by atoms with Gasteiger partial charge in [0.1, 0.15) is 5.69 Å². The Kier molecular flexibility index (Phi) is 4.38. The summed E-state index contributed by atoms with van der Waals surface area (Å²) in [7, 11) is 0. The summed E-state index contributed by atoms with van der Waals surface area (Å²) in [6, 6.07) is 5.02. The molecule has 3 N–H and O–H groups in total. The van der Waals surface area contributed by atoms with Crippen LogP contribution in [0.4, 0.5) is 11.4 Å². The Morgan fingerprint density at radius 1 is 1.60 bits per heavy atom. The van der Waals surface area contributed by atoms with Gasteiger partial charge in [-0.3, -0.25) is 16.0 Å². The maximum absolute atomic E-state index is 10.7. The van der Waals surface area contributed by atoms with Crippen LogP contribution in [0.5, 0.6) is 0 Å². The maximum Gasteiger partial charge on any atom is 0.293 e. The van der Waals surface area contributed by atoms with Gasteiger partial charge in [0.25, 0.3) is 5.69 Å². The van der Waals surface area contributed by atoms with Gasteiger partial charge in [0.2, 0.25) is 0 Å². The number of thioether (sulfide) groups is 1. The number of nitrogens with zero attached hydrogens (tertiary/aromatic N) is 1. The summed E-state index contributed by atoms with van der Waals surface area (Å²) in [5.41, 5.74) is 3.61. The van der Waals surface area contributed by atoms with Gasteiger partial charge < -0.3 is 5.43 Å². The number of nitrogen functional groups attached to an aromatic ring is 1. The molecule has 1 rings (SSSR count). The van der Waals surface area contributed by atoms with E-state index in [1.54, 1.807) is 23.9 Å². The fraction of sp³-hybridized carbons (Fsp3) is 0.333. The summed E-state index contributed by atoms with van der Waals surface area (Å²) in [6.45, 7) is 2.05. The van der Waals surface area contributed by atoms with Crippen LogP contribution in [0.3, 0.4) is 0 Å². The maximum atomic E-state index is 10.7. The average molecular weight is 227 g/mol. The number of hydrogen-bond donors (Lipinski definition) is 2. The van der Waals surface area contributed by atoms with Crippen molar-refractivity contribution in [2.24, 2.45) is 5.84 Å². The number of nitrogens with one attached hydrogen (secondary N) is 1. The lowest BCUT2D eigenvalue weighted by molar-refractivity contribution is -0.384. The fourth-order valence-corrected chi connectivity index (χ4v) is 1.78. The lowest BCUT2D eigenvalue weighted by atomic mass is 10.2. The lowest BCUT2D eigenvalue weighted by Crippen LogP contribution is -2.09. The van der Waals surface area contributed by atoms with Gasteiger partial charge in [0.05, 0.1) is 4.92 Å². The summed E-state index contributed by atoms with van der Waals surface area (Å²) >= 11 is 1.72. The van der Waals surface area contributed by atoms with Gasteiger partial charge in [-0.15, -0.1) is 0 Å². The smallest absolute Gasteiger partial charge is 0.293 e. The van der Waals surface area contributed by atoms with Crippen molar-refractivity contribution in [2.45, 2.75) is 12.7 Å². The Morgan fingerprint density at radius 2 is 2.33 bits per heavy atom. The number of rotatable bonds is 5. The third-order valence-corrected chi connectivity index (χ3v) is 2.83.